The molecule has 0 unspecified atom stereocenters. The third-order valence-electron chi connectivity index (χ3n) is 3.49. The highest BCUT2D eigenvalue weighted by Crippen LogP contribution is 2.23. The van der Waals surface area contributed by atoms with Gasteiger partial charge in [-0.15, -0.1) is 0 Å². The zero-order valence-corrected chi connectivity index (χ0v) is 11.8. The average Bonchev–Trinajstić information content (AvgIpc) is 2.86. The number of benzene rings is 2. The van der Waals surface area contributed by atoms with E-state index in [-0.39, 0.29) is 0 Å². The molecule has 0 saturated heterocycles. The van der Waals surface area contributed by atoms with Crippen LogP contribution in [0.4, 0.5) is 0 Å². The van der Waals surface area contributed by atoms with Crippen LogP contribution in [0, 0.1) is 11.3 Å². The summed E-state index contributed by atoms with van der Waals surface area (Å²) < 4.78 is 7.49. The highest BCUT2D eigenvalue weighted by atomic mass is 16.5. The summed E-state index contributed by atoms with van der Waals surface area (Å²) in [7, 11) is 1.67. The molecule has 4 heteroatoms. The molecule has 0 amide bonds. The highest BCUT2D eigenvalue weighted by Gasteiger charge is 2.12. The molecular weight excluding hydrogens is 262 g/mol. The zero-order chi connectivity index (χ0) is 14.7. The number of aromatic nitrogens is 2. The van der Waals surface area contributed by atoms with Gasteiger partial charge < -0.3 is 9.30 Å². The van der Waals surface area contributed by atoms with Gasteiger partial charge in [0, 0.05) is 5.56 Å². The van der Waals surface area contributed by atoms with E-state index >= 15 is 0 Å². The lowest BCUT2D eigenvalue weighted by molar-refractivity contribution is 0.408. The van der Waals surface area contributed by atoms with Gasteiger partial charge >= 0.3 is 0 Å². The van der Waals surface area contributed by atoms with Crippen LogP contribution < -0.4 is 4.74 Å². The van der Waals surface area contributed by atoms with Gasteiger partial charge in [-0.05, 0) is 18.2 Å². The fourth-order valence-electron chi connectivity index (χ4n) is 2.51. The van der Waals surface area contributed by atoms with Crippen molar-refractivity contribution in [3.8, 4) is 11.8 Å². The van der Waals surface area contributed by atoms with E-state index in [2.05, 4.69) is 15.6 Å². The minimum atomic E-state index is 0.295. The van der Waals surface area contributed by atoms with Crippen molar-refractivity contribution in [2.75, 3.05) is 7.11 Å². The van der Waals surface area contributed by atoms with E-state index in [1.807, 2.05) is 48.5 Å². The number of hydrogen-bond acceptors (Lipinski definition) is 3. The second-order valence-corrected chi connectivity index (χ2v) is 4.75. The van der Waals surface area contributed by atoms with Crippen LogP contribution >= 0.6 is 0 Å². The van der Waals surface area contributed by atoms with E-state index in [0.717, 1.165) is 28.2 Å². The van der Waals surface area contributed by atoms with Gasteiger partial charge in [0.15, 0.2) is 0 Å². The Labute approximate surface area is 123 Å². The standard InChI is InChI=1S/C17H15N3O/c1-21-16-9-5-2-6-13(16)12-20-15-8-4-3-7-14(15)19-17(20)10-11-18/h2-9H,10,12H2,1H3. The summed E-state index contributed by atoms with van der Waals surface area (Å²) in [6.45, 7) is 0.640. The molecule has 104 valence electrons. The second kappa shape index (κ2) is 5.68. The number of hydrogen-bond donors (Lipinski definition) is 0. The molecule has 0 N–H and O–H groups in total. The van der Waals surface area contributed by atoms with Crippen molar-refractivity contribution in [3.63, 3.8) is 0 Å². The first kappa shape index (κ1) is 13.2. The number of fused-ring (bicyclic) bond motifs is 1. The normalized spacial score (nSPS) is 10.5. The highest BCUT2D eigenvalue weighted by molar-refractivity contribution is 5.76. The summed E-state index contributed by atoms with van der Waals surface area (Å²) in [6, 6.07) is 18.0. The number of para-hydroxylation sites is 3. The predicted octanol–water partition coefficient (Wildman–Crippen LogP) is 3.16. The molecule has 0 atom stereocenters. The lowest BCUT2D eigenvalue weighted by Crippen LogP contribution is -2.06. The third-order valence-corrected chi connectivity index (χ3v) is 3.49. The lowest BCUT2D eigenvalue weighted by atomic mass is 10.2. The topological polar surface area (TPSA) is 50.8 Å². The van der Waals surface area contributed by atoms with Crippen LogP contribution in [0.3, 0.4) is 0 Å². The average molecular weight is 277 g/mol. The van der Waals surface area contributed by atoms with Gasteiger partial charge in [0.2, 0.25) is 0 Å². The minimum absolute atomic E-state index is 0.295. The van der Waals surface area contributed by atoms with Gasteiger partial charge in [-0.1, -0.05) is 30.3 Å². The molecule has 3 aromatic rings. The Morgan fingerprint density at radius 1 is 1.14 bits per heavy atom. The molecule has 2 aromatic carbocycles. The van der Waals surface area contributed by atoms with Crippen LogP contribution in [-0.4, -0.2) is 16.7 Å². The molecule has 1 aromatic heterocycles. The Morgan fingerprint density at radius 2 is 1.90 bits per heavy atom. The molecule has 0 aliphatic rings. The Bertz CT molecular complexity index is 814. The first-order valence-corrected chi connectivity index (χ1v) is 6.76. The summed E-state index contributed by atoms with van der Waals surface area (Å²) in [5, 5.41) is 9.01. The minimum Gasteiger partial charge on any atom is -0.496 e. The number of nitrogens with zero attached hydrogens (tertiary/aromatic N) is 3. The maximum absolute atomic E-state index is 9.01. The first-order chi connectivity index (χ1) is 10.3. The van der Waals surface area contributed by atoms with Gasteiger partial charge in [0.1, 0.15) is 11.6 Å². The van der Waals surface area contributed by atoms with Crippen molar-refractivity contribution in [2.24, 2.45) is 0 Å². The quantitative estimate of drug-likeness (QED) is 0.736. The van der Waals surface area contributed by atoms with Crippen LogP contribution in [-0.2, 0) is 13.0 Å². The van der Waals surface area contributed by atoms with Crippen LogP contribution in [0.15, 0.2) is 48.5 Å². The molecule has 0 spiro atoms. The van der Waals surface area contributed by atoms with Crippen molar-refractivity contribution in [3.05, 3.63) is 59.9 Å². The van der Waals surface area contributed by atoms with Crippen molar-refractivity contribution in [1.29, 1.82) is 5.26 Å². The Kier molecular flexibility index (Phi) is 3.57. The summed E-state index contributed by atoms with van der Waals surface area (Å²) in [5.74, 6) is 1.63. The summed E-state index contributed by atoms with van der Waals surface area (Å²) in [4.78, 5) is 4.55. The fraction of sp³-hybridized carbons (Fsp3) is 0.176. The van der Waals surface area contributed by atoms with E-state index in [0.29, 0.717) is 13.0 Å². The van der Waals surface area contributed by atoms with Crippen molar-refractivity contribution >= 4 is 11.0 Å². The van der Waals surface area contributed by atoms with E-state index in [1.54, 1.807) is 7.11 Å². The first-order valence-electron chi connectivity index (χ1n) is 6.76. The molecule has 0 saturated carbocycles. The smallest absolute Gasteiger partial charge is 0.124 e. The van der Waals surface area contributed by atoms with Crippen LogP contribution in [0.1, 0.15) is 11.4 Å². The van der Waals surface area contributed by atoms with Crippen molar-refractivity contribution < 1.29 is 4.74 Å². The molecule has 0 radical (unpaired) electrons. The van der Waals surface area contributed by atoms with Gasteiger partial charge in [0.25, 0.3) is 0 Å². The molecule has 3 rings (SSSR count). The second-order valence-electron chi connectivity index (χ2n) is 4.75. The molecule has 0 aliphatic heterocycles. The number of imidazole rings is 1. The summed E-state index contributed by atoms with van der Waals surface area (Å²) >= 11 is 0. The Morgan fingerprint density at radius 3 is 2.71 bits per heavy atom. The van der Waals surface area contributed by atoms with Crippen LogP contribution in [0.5, 0.6) is 5.75 Å². The van der Waals surface area contributed by atoms with E-state index < -0.39 is 0 Å². The third kappa shape index (κ3) is 2.46. The molecule has 0 fully saturated rings. The largest absolute Gasteiger partial charge is 0.496 e. The fourth-order valence-corrected chi connectivity index (χ4v) is 2.51. The SMILES string of the molecule is COc1ccccc1Cn1c(CC#N)nc2ccccc21. The van der Waals surface area contributed by atoms with Gasteiger partial charge in [0.05, 0.1) is 37.2 Å². The van der Waals surface area contributed by atoms with Gasteiger partial charge in [-0.3, -0.25) is 0 Å². The van der Waals surface area contributed by atoms with E-state index in [4.69, 9.17) is 10.00 Å². The van der Waals surface area contributed by atoms with Crippen molar-refractivity contribution in [2.45, 2.75) is 13.0 Å². The van der Waals surface area contributed by atoms with Crippen LogP contribution in [0.2, 0.25) is 0 Å². The van der Waals surface area contributed by atoms with E-state index in [9.17, 15) is 0 Å². The summed E-state index contributed by atoms with van der Waals surface area (Å²) in [6.07, 6.45) is 0.295. The lowest BCUT2D eigenvalue weighted by Gasteiger charge is -2.11. The van der Waals surface area contributed by atoms with Crippen molar-refractivity contribution in [1.82, 2.24) is 9.55 Å². The number of rotatable bonds is 4. The molecule has 1 heterocycles. The van der Waals surface area contributed by atoms with Gasteiger partial charge in [-0.25, -0.2) is 4.98 Å². The Balaban J connectivity index is 2.11. The van der Waals surface area contributed by atoms with Gasteiger partial charge in [-0.2, -0.15) is 5.26 Å². The maximum atomic E-state index is 9.01. The van der Waals surface area contributed by atoms with Crippen LogP contribution in [0.25, 0.3) is 11.0 Å². The number of methoxy groups -OCH3 is 1. The molecule has 0 aliphatic carbocycles. The number of nitriles is 1. The predicted molar refractivity (Wildman–Crippen MR) is 81.1 cm³/mol. The zero-order valence-electron chi connectivity index (χ0n) is 11.8. The molecule has 0 bridgehead atoms. The Hall–Kier alpha value is -2.80. The summed E-state index contributed by atoms with van der Waals surface area (Å²) in [5.41, 5.74) is 3.02. The maximum Gasteiger partial charge on any atom is 0.124 e. The molecule has 21 heavy (non-hydrogen) atoms. The van der Waals surface area contributed by atoms with E-state index in [1.165, 1.54) is 0 Å². The monoisotopic (exact) mass is 277 g/mol. The molecular formula is C17H15N3O. The number of ether oxygens (including phenoxy) is 1. The molecule has 4 nitrogen and oxygen atoms in total.